The predicted octanol–water partition coefficient (Wildman–Crippen LogP) is 3.28. The second-order valence-electron chi connectivity index (χ2n) is 4.86. The lowest BCUT2D eigenvalue weighted by atomic mass is 10.2. The van der Waals surface area contributed by atoms with E-state index < -0.39 is 0 Å². The summed E-state index contributed by atoms with van der Waals surface area (Å²) in [5.74, 6) is -0.220. The average Bonchev–Trinajstić information content (AvgIpc) is 2.53. The van der Waals surface area contributed by atoms with Gasteiger partial charge in [-0.3, -0.25) is 0 Å². The minimum atomic E-state index is -0.387. The first-order valence-electron chi connectivity index (χ1n) is 5.96. The molecule has 1 N–H and O–H groups in total. The van der Waals surface area contributed by atoms with Crippen molar-refractivity contribution in [3.63, 3.8) is 0 Å². The largest absolute Gasteiger partial charge is 0.393 e. The quantitative estimate of drug-likeness (QED) is 0.867. The summed E-state index contributed by atoms with van der Waals surface area (Å²) in [7, 11) is 0. The van der Waals surface area contributed by atoms with Gasteiger partial charge in [0.15, 0.2) is 0 Å². The number of aliphatic hydroxyl groups is 1. The molecule has 17 heavy (non-hydrogen) atoms. The summed E-state index contributed by atoms with van der Waals surface area (Å²) in [5, 5.41) is 10.4. The summed E-state index contributed by atoms with van der Waals surface area (Å²) in [6.07, 6.45) is 0.204. The van der Waals surface area contributed by atoms with Crippen molar-refractivity contribution in [1.82, 2.24) is 4.57 Å². The molecule has 1 aromatic heterocycles. The van der Waals surface area contributed by atoms with E-state index in [0.29, 0.717) is 12.5 Å². The molecular formula is C14H18FNO. The summed E-state index contributed by atoms with van der Waals surface area (Å²) in [6.45, 7) is 5.95. The Hall–Kier alpha value is -1.35. The van der Waals surface area contributed by atoms with E-state index in [1.807, 2.05) is 6.07 Å². The van der Waals surface area contributed by atoms with Crippen LogP contribution in [-0.2, 0) is 6.42 Å². The topological polar surface area (TPSA) is 25.2 Å². The molecule has 0 aliphatic rings. The molecule has 0 aliphatic carbocycles. The molecule has 1 unspecified atom stereocenters. The average molecular weight is 235 g/mol. The third-order valence-corrected chi connectivity index (χ3v) is 2.90. The fourth-order valence-corrected chi connectivity index (χ4v) is 2.33. The number of rotatable bonds is 3. The SMILES string of the molecule is CC(O)Cc1cc2cc(F)ccc2n1C(C)C. The standard InChI is InChI=1S/C14H18FNO/c1-9(2)16-13(6-10(3)17)8-11-7-12(15)4-5-14(11)16/h4-5,7-10,17H,6H2,1-3H3. The molecule has 2 aromatic rings. The van der Waals surface area contributed by atoms with Crippen LogP contribution in [0.5, 0.6) is 0 Å². The highest BCUT2D eigenvalue weighted by Crippen LogP contribution is 2.25. The van der Waals surface area contributed by atoms with Crippen molar-refractivity contribution in [1.29, 1.82) is 0 Å². The van der Waals surface area contributed by atoms with Crippen LogP contribution in [0.25, 0.3) is 10.9 Å². The van der Waals surface area contributed by atoms with Crippen LogP contribution in [0.4, 0.5) is 4.39 Å². The van der Waals surface area contributed by atoms with Gasteiger partial charge in [-0.25, -0.2) is 4.39 Å². The molecule has 0 spiro atoms. The molecule has 1 atom stereocenters. The van der Waals surface area contributed by atoms with Crippen LogP contribution in [0.3, 0.4) is 0 Å². The zero-order chi connectivity index (χ0) is 12.6. The van der Waals surface area contributed by atoms with Gasteiger partial charge in [-0.2, -0.15) is 0 Å². The number of hydrogen-bond donors (Lipinski definition) is 1. The van der Waals surface area contributed by atoms with E-state index in [0.717, 1.165) is 16.6 Å². The third kappa shape index (κ3) is 2.34. The summed E-state index contributed by atoms with van der Waals surface area (Å²) >= 11 is 0. The normalized spacial score (nSPS) is 13.5. The second-order valence-corrected chi connectivity index (χ2v) is 4.86. The Morgan fingerprint density at radius 2 is 1.94 bits per heavy atom. The van der Waals surface area contributed by atoms with Crippen LogP contribution in [0.15, 0.2) is 24.3 Å². The maximum absolute atomic E-state index is 13.2. The van der Waals surface area contributed by atoms with Crippen molar-refractivity contribution in [3.05, 3.63) is 35.8 Å². The Bertz CT molecular complexity index is 528. The third-order valence-electron chi connectivity index (χ3n) is 2.90. The maximum Gasteiger partial charge on any atom is 0.123 e. The Labute approximate surface area is 101 Å². The highest BCUT2D eigenvalue weighted by Gasteiger charge is 2.13. The molecule has 0 amide bonds. The molecule has 0 fully saturated rings. The smallest absolute Gasteiger partial charge is 0.123 e. The fourth-order valence-electron chi connectivity index (χ4n) is 2.33. The van der Waals surface area contributed by atoms with Crippen molar-refractivity contribution >= 4 is 10.9 Å². The van der Waals surface area contributed by atoms with Gasteiger partial charge in [-0.05, 0) is 45.0 Å². The minimum absolute atomic E-state index is 0.220. The van der Waals surface area contributed by atoms with Crippen LogP contribution >= 0.6 is 0 Å². The fraction of sp³-hybridized carbons (Fsp3) is 0.429. The summed E-state index contributed by atoms with van der Waals surface area (Å²) in [4.78, 5) is 0. The first-order chi connectivity index (χ1) is 7.99. The molecule has 3 heteroatoms. The molecule has 0 radical (unpaired) electrons. The minimum Gasteiger partial charge on any atom is -0.393 e. The summed E-state index contributed by atoms with van der Waals surface area (Å²) in [6, 6.07) is 7.08. The van der Waals surface area contributed by atoms with Gasteiger partial charge < -0.3 is 9.67 Å². The number of aromatic nitrogens is 1. The van der Waals surface area contributed by atoms with Crippen LogP contribution in [-0.4, -0.2) is 15.8 Å². The van der Waals surface area contributed by atoms with Gasteiger partial charge in [0.2, 0.25) is 0 Å². The van der Waals surface area contributed by atoms with Gasteiger partial charge in [0, 0.05) is 29.1 Å². The van der Waals surface area contributed by atoms with Crippen molar-refractivity contribution < 1.29 is 9.50 Å². The van der Waals surface area contributed by atoms with Crippen molar-refractivity contribution in [2.75, 3.05) is 0 Å². The van der Waals surface area contributed by atoms with E-state index in [9.17, 15) is 9.50 Å². The lowest BCUT2D eigenvalue weighted by Crippen LogP contribution is -2.11. The highest BCUT2D eigenvalue weighted by atomic mass is 19.1. The predicted molar refractivity (Wildman–Crippen MR) is 67.7 cm³/mol. The lowest BCUT2D eigenvalue weighted by Gasteiger charge is -2.15. The molecule has 1 aromatic carbocycles. The zero-order valence-corrected chi connectivity index (χ0v) is 10.4. The van der Waals surface area contributed by atoms with Crippen LogP contribution < -0.4 is 0 Å². The maximum atomic E-state index is 13.2. The molecule has 2 rings (SSSR count). The molecule has 0 bridgehead atoms. The second kappa shape index (κ2) is 4.49. The molecule has 0 saturated carbocycles. The number of aliphatic hydroxyl groups excluding tert-OH is 1. The van der Waals surface area contributed by atoms with Gasteiger partial charge in [-0.15, -0.1) is 0 Å². The monoisotopic (exact) mass is 235 g/mol. The number of fused-ring (bicyclic) bond motifs is 1. The molecular weight excluding hydrogens is 217 g/mol. The number of halogens is 1. The van der Waals surface area contributed by atoms with Gasteiger partial charge in [0.05, 0.1) is 6.10 Å². The Balaban J connectivity index is 2.61. The lowest BCUT2D eigenvalue weighted by molar-refractivity contribution is 0.192. The van der Waals surface area contributed by atoms with Gasteiger partial charge >= 0.3 is 0 Å². The van der Waals surface area contributed by atoms with E-state index in [2.05, 4.69) is 18.4 Å². The van der Waals surface area contributed by atoms with Crippen molar-refractivity contribution in [2.45, 2.75) is 39.3 Å². The van der Waals surface area contributed by atoms with Crippen LogP contribution in [0, 0.1) is 5.82 Å². The Morgan fingerprint density at radius 1 is 1.24 bits per heavy atom. The first-order valence-corrected chi connectivity index (χ1v) is 5.96. The number of nitrogens with zero attached hydrogens (tertiary/aromatic N) is 1. The molecule has 0 saturated heterocycles. The van der Waals surface area contributed by atoms with Crippen LogP contribution in [0.1, 0.15) is 32.5 Å². The summed E-state index contributed by atoms with van der Waals surface area (Å²) < 4.78 is 15.3. The van der Waals surface area contributed by atoms with Gasteiger partial charge in [-0.1, -0.05) is 0 Å². The van der Waals surface area contributed by atoms with E-state index >= 15 is 0 Å². The molecule has 92 valence electrons. The molecule has 1 heterocycles. The first kappa shape index (κ1) is 12.1. The summed E-state index contributed by atoms with van der Waals surface area (Å²) in [5.41, 5.74) is 2.08. The van der Waals surface area contributed by atoms with E-state index in [1.165, 1.54) is 6.07 Å². The molecule has 2 nitrogen and oxygen atoms in total. The van der Waals surface area contributed by atoms with E-state index in [1.54, 1.807) is 19.1 Å². The molecule has 0 aliphatic heterocycles. The number of hydrogen-bond acceptors (Lipinski definition) is 1. The Morgan fingerprint density at radius 3 is 2.53 bits per heavy atom. The number of benzene rings is 1. The highest BCUT2D eigenvalue weighted by molar-refractivity contribution is 5.81. The van der Waals surface area contributed by atoms with Gasteiger partial charge in [0.1, 0.15) is 5.82 Å². The van der Waals surface area contributed by atoms with E-state index in [4.69, 9.17) is 0 Å². The van der Waals surface area contributed by atoms with Gasteiger partial charge in [0.25, 0.3) is 0 Å². The zero-order valence-electron chi connectivity index (χ0n) is 10.4. The van der Waals surface area contributed by atoms with E-state index in [-0.39, 0.29) is 11.9 Å². The van der Waals surface area contributed by atoms with Crippen LogP contribution in [0.2, 0.25) is 0 Å². The Kier molecular flexibility index (Phi) is 3.20. The van der Waals surface area contributed by atoms with Crippen molar-refractivity contribution in [2.24, 2.45) is 0 Å². The van der Waals surface area contributed by atoms with Crippen molar-refractivity contribution in [3.8, 4) is 0 Å².